The number of benzene rings is 1. The van der Waals surface area contributed by atoms with Crippen molar-refractivity contribution in [3.05, 3.63) is 29.3 Å². The zero-order valence-electron chi connectivity index (χ0n) is 15.4. The van der Waals surface area contributed by atoms with E-state index in [1.54, 1.807) is 0 Å². The van der Waals surface area contributed by atoms with Crippen LogP contribution in [0.25, 0.3) is 0 Å². The predicted molar refractivity (Wildman–Crippen MR) is 94.5 cm³/mol. The Bertz CT molecular complexity index is 433. The van der Waals surface area contributed by atoms with E-state index < -0.39 is 0 Å². The number of likely N-dealkylation sites (tertiary alicyclic amines) is 1. The molecule has 1 aromatic carbocycles. The quantitative estimate of drug-likeness (QED) is 0.601. The van der Waals surface area contributed by atoms with Crippen molar-refractivity contribution in [3.8, 4) is 5.75 Å². The van der Waals surface area contributed by atoms with Crippen molar-refractivity contribution in [1.82, 2.24) is 0 Å². The number of quaternary nitrogens is 1. The minimum absolute atomic E-state index is 0. The molecule has 127 valence electrons. The molecule has 1 aliphatic rings. The molecule has 0 atom stereocenters. The maximum atomic E-state index is 6.20. The molecule has 0 aliphatic carbocycles. The van der Waals surface area contributed by atoms with Crippen molar-refractivity contribution < 1.29 is 41.9 Å². The molecule has 1 aliphatic heterocycles. The normalized spacial score (nSPS) is 17.2. The van der Waals surface area contributed by atoms with Gasteiger partial charge in [0, 0.05) is 32.7 Å². The molecule has 1 fully saturated rings. The van der Waals surface area contributed by atoms with Crippen LogP contribution in [0.3, 0.4) is 0 Å². The molecule has 0 aromatic heterocycles. The first kappa shape index (κ1) is 21.1. The smallest absolute Gasteiger partial charge is 0.137 e. The molecule has 1 saturated heterocycles. The van der Waals surface area contributed by atoms with E-state index in [0.29, 0.717) is 0 Å². The largest absolute Gasteiger partial charge is 0.487 e. The fraction of sp³-hybridized carbons (Fsp3) is 0.700. The van der Waals surface area contributed by atoms with Gasteiger partial charge in [0.2, 0.25) is 0 Å². The predicted octanol–water partition coefficient (Wildman–Crippen LogP) is 4.87. The standard InChI is InChI=1S/C20H34NO.Y/c1-4-5-13-21(14-8-6-7-9-15-21)16-17-22-20-18(2)11-10-12-19(20)3;/h10-12H,4-9,13-17H2,1-3H3;/q+1;. The van der Waals surface area contributed by atoms with Crippen LogP contribution >= 0.6 is 0 Å². The number of hydrogen-bond acceptors (Lipinski definition) is 1. The van der Waals surface area contributed by atoms with Crippen molar-refractivity contribution in [1.29, 1.82) is 0 Å². The molecule has 0 amide bonds. The van der Waals surface area contributed by atoms with Crippen LogP contribution in [0.2, 0.25) is 0 Å². The summed E-state index contributed by atoms with van der Waals surface area (Å²) in [6.45, 7) is 12.7. The van der Waals surface area contributed by atoms with E-state index in [1.165, 1.54) is 80.3 Å². The van der Waals surface area contributed by atoms with Gasteiger partial charge >= 0.3 is 0 Å². The fourth-order valence-electron chi connectivity index (χ4n) is 3.78. The van der Waals surface area contributed by atoms with Crippen LogP contribution in [0, 0.1) is 13.8 Å². The van der Waals surface area contributed by atoms with E-state index in [2.05, 4.69) is 39.0 Å². The number of ether oxygens (including phenoxy) is 1. The minimum Gasteiger partial charge on any atom is -0.487 e. The molecule has 3 heteroatoms. The van der Waals surface area contributed by atoms with Crippen LogP contribution in [-0.4, -0.2) is 37.3 Å². The van der Waals surface area contributed by atoms with Gasteiger partial charge in [-0.3, -0.25) is 0 Å². The van der Waals surface area contributed by atoms with Gasteiger partial charge < -0.3 is 9.22 Å². The first-order valence-electron chi connectivity index (χ1n) is 9.21. The molecular formula is C20H34NOY+. The zero-order chi connectivity index (χ0) is 15.8. The Balaban J connectivity index is 0.00000264. The average molecular weight is 393 g/mol. The van der Waals surface area contributed by atoms with Gasteiger partial charge in [-0.1, -0.05) is 31.5 Å². The molecule has 2 rings (SSSR count). The molecule has 1 heterocycles. The first-order chi connectivity index (χ1) is 10.7. The van der Waals surface area contributed by atoms with Crippen molar-refractivity contribution in [2.24, 2.45) is 0 Å². The Hall–Kier alpha value is 0.0839. The Morgan fingerprint density at radius 1 is 0.957 bits per heavy atom. The zero-order valence-corrected chi connectivity index (χ0v) is 18.3. The van der Waals surface area contributed by atoms with E-state index in [1.807, 2.05) is 0 Å². The summed E-state index contributed by atoms with van der Waals surface area (Å²) >= 11 is 0. The van der Waals surface area contributed by atoms with Crippen molar-refractivity contribution >= 4 is 0 Å². The van der Waals surface area contributed by atoms with E-state index >= 15 is 0 Å². The van der Waals surface area contributed by atoms with Gasteiger partial charge in [-0.15, -0.1) is 0 Å². The number of hydrogen-bond donors (Lipinski definition) is 0. The monoisotopic (exact) mass is 393 g/mol. The third kappa shape index (κ3) is 6.48. The van der Waals surface area contributed by atoms with Gasteiger partial charge in [0.15, 0.2) is 0 Å². The third-order valence-corrected chi connectivity index (χ3v) is 5.22. The summed E-state index contributed by atoms with van der Waals surface area (Å²) in [6.07, 6.45) is 8.29. The maximum Gasteiger partial charge on any atom is 0.137 e. The van der Waals surface area contributed by atoms with Gasteiger partial charge in [-0.25, -0.2) is 0 Å². The Labute approximate surface area is 168 Å². The Morgan fingerprint density at radius 3 is 2.13 bits per heavy atom. The topological polar surface area (TPSA) is 9.23 Å². The molecular weight excluding hydrogens is 359 g/mol. The van der Waals surface area contributed by atoms with E-state index in [-0.39, 0.29) is 32.7 Å². The first-order valence-corrected chi connectivity index (χ1v) is 9.21. The second-order valence-electron chi connectivity index (χ2n) is 7.07. The number of para-hydroxylation sites is 1. The summed E-state index contributed by atoms with van der Waals surface area (Å²) < 4.78 is 7.49. The van der Waals surface area contributed by atoms with Gasteiger partial charge in [-0.2, -0.15) is 0 Å². The van der Waals surface area contributed by atoms with Crippen molar-refractivity contribution in [3.63, 3.8) is 0 Å². The molecule has 1 radical (unpaired) electrons. The van der Waals surface area contributed by atoms with E-state index in [4.69, 9.17) is 4.74 Å². The van der Waals surface area contributed by atoms with Crippen LogP contribution in [0.4, 0.5) is 0 Å². The maximum absolute atomic E-state index is 6.20. The van der Waals surface area contributed by atoms with Crippen molar-refractivity contribution in [2.45, 2.75) is 59.3 Å². The van der Waals surface area contributed by atoms with Crippen LogP contribution in [0.5, 0.6) is 5.75 Å². The third-order valence-electron chi connectivity index (χ3n) is 5.22. The second kappa shape index (κ2) is 10.8. The molecule has 1 aromatic rings. The summed E-state index contributed by atoms with van der Waals surface area (Å²) in [6, 6.07) is 6.41. The summed E-state index contributed by atoms with van der Waals surface area (Å²) in [4.78, 5) is 0. The minimum atomic E-state index is 0. The number of rotatable bonds is 7. The molecule has 0 bridgehead atoms. The summed E-state index contributed by atoms with van der Waals surface area (Å²) in [5.74, 6) is 1.10. The number of nitrogens with zero attached hydrogens (tertiary/aromatic N) is 1. The molecule has 0 spiro atoms. The van der Waals surface area contributed by atoms with Gasteiger partial charge in [0.1, 0.15) is 18.9 Å². The number of unbranched alkanes of at least 4 members (excludes halogenated alkanes) is 1. The average Bonchev–Trinajstić information content (AvgIpc) is 2.74. The fourth-order valence-corrected chi connectivity index (χ4v) is 3.78. The molecule has 0 saturated carbocycles. The second-order valence-corrected chi connectivity index (χ2v) is 7.07. The van der Waals surface area contributed by atoms with Gasteiger partial charge in [-0.05, 0) is 57.1 Å². The Morgan fingerprint density at radius 2 is 1.57 bits per heavy atom. The van der Waals surface area contributed by atoms with Crippen LogP contribution < -0.4 is 4.74 Å². The summed E-state index contributed by atoms with van der Waals surface area (Å²) in [7, 11) is 0. The molecule has 2 nitrogen and oxygen atoms in total. The van der Waals surface area contributed by atoms with Crippen molar-refractivity contribution in [2.75, 3.05) is 32.8 Å². The van der Waals surface area contributed by atoms with Crippen LogP contribution in [0.1, 0.15) is 56.6 Å². The number of aryl methyl sites for hydroxylation is 2. The van der Waals surface area contributed by atoms with Gasteiger partial charge in [0.05, 0.1) is 19.6 Å². The molecule has 0 N–H and O–H groups in total. The van der Waals surface area contributed by atoms with Crippen LogP contribution in [0.15, 0.2) is 18.2 Å². The summed E-state index contributed by atoms with van der Waals surface area (Å²) in [5.41, 5.74) is 2.52. The molecule has 23 heavy (non-hydrogen) atoms. The van der Waals surface area contributed by atoms with E-state index in [0.717, 1.165) is 12.4 Å². The van der Waals surface area contributed by atoms with Gasteiger partial charge in [0.25, 0.3) is 0 Å². The SMILES string of the molecule is CCCC[N+]1(CCOc2c(C)cccc2C)CCCCCC1.[Y]. The Kier molecular flexibility index (Phi) is 9.96. The summed E-state index contributed by atoms with van der Waals surface area (Å²) in [5, 5.41) is 0. The van der Waals surface area contributed by atoms with Crippen LogP contribution in [-0.2, 0) is 32.7 Å². The molecule has 0 unspecified atom stereocenters. The van der Waals surface area contributed by atoms with E-state index in [9.17, 15) is 0 Å².